The molecule has 0 spiro atoms. The van der Waals surface area contributed by atoms with Crippen molar-refractivity contribution in [3.8, 4) is 11.8 Å². The average Bonchev–Trinajstić information content (AvgIpc) is 2.26. The summed E-state index contributed by atoms with van der Waals surface area (Å²) in [6.07, 6.45) is 0. The van der Waals surface area contributed by atoms with Crippen molar-refractivity contribution >= 4 is 5.97 Å². The Morgan fingerprint density at radius 2 is 2.31 bits per heavy atom. The number of esters is 1. The smallest absolute Gasteiger partial charge is 0.339 e. The normalized spacial score (nSPS) is 9.19. The Labute approximate surface area is 92.9 Å². The molecule has 0 aliphatic heterocycles. The van der Waals surface area contributed by atoms with Crippen molar-refractivity contribution in [3.63, 3.8) is 0 Å². The van der Waals surface area contributed by atoms with Gasteiger partial charge in [0.15, 0.2) is 0 Å². The summed E-state index contributed by atoms with van der Waals surface area (Å²) in [4.78, 5) is 11.5. The van der Waals surface area contributed by atoms with Crippen LogP contribution >= 0.6 is 0 Å². The second-order valence-electron chi connectivity index (χ2n) is 2.87. The number of ether oxygens (including phenoxy) is 1. The predicted molar refractivity (Wildman–Crippen MR) is 56.3 cm³/mol. The second kappa shape index (κ2) is 5.89. The summed E-state index contributed by atoms with van der Waals surface area (Å²) >= 11 is 0. The lowest BCUT2D eigenvalue weighted by atomic mass is 10.1. The molecule has 0 heterocycles. The molecule has 0 bridgehead atoms. The molecule has 0 fully saturated rings. The Bertz CT molecular complexity index is 443. The fourth-order valence-electron chi connectivity index (χ4n) is 1.14. The zero-order valence-corrected chi connectivity index (χ0v) is 8.79. The first kappa shape index (κ1) is 12.2. The predicted octanol–water partition coefficient (Wildman–Crippen LogP) is 1.35. The first-order valence-electron chi connectivity index (χ1n) is 4.75. The number of aliphatic hydroxyl groups excluding tert-OH is 1. The lowest BCUT2D eigenvalue weighted by Gasteiger charge is -2.04. The Morgan fingerprint density at radius 3 is 2.94 bits per heavy atom. The average molecular weight is 222 g/mol. The molecule has 0 radical (unpaired) electrons. The largest absolute Gasteiger partial charge is 0.462 e. The molecule has 4 heteroatoms. The number of rotatable bonds is 2. The van der Waals surface area contributed by atoms with Crippen LogP contribution in [0.4, 0.5) is 4.39 Å². The minimum absolute atomic E-state index is 0.198. The van der Waals surface area contributed by atoms with Crippen molar-refractivity contribution in [2.45, 2.75) is 6.92 Å². The third kappa shape index (κ3) is 3.07. The highest BCUT2D eigenvalue weighted by Crippen LogP contribution is 2.11. The van der Waals surface area contributed by atoms with E-state index in [9.17, 15) is 9.18 Å². The number of carbonyl (C=O) groups excluding carboxylic acids is 1. The van der Waals surface area contributed by atoms with Gasteiger partial charge in [-0.25, -0.2) is 9.18 Å². The van der Waals surface area contributed by atoms with Gasteiger partial charge in [0.25, 0.3) is 0 Å². The number of hydrogen-bond acceptors (Lipinski definition) is 3. The van der Waals surface area contributed by atoms with Crippen molar-refractivity contribution in [3.05, 3.63) is 35.1 Å². The molecule has 3 nitrogen and oxygen atoms in total. The van der Waals surface area contributed by atoms with E-state index in [1.54, 1.807) is 6.92 Å². The maximum atomic E-state index is 12.9. The van der Waals surface area contributed by atoms with Gasteiger partial charge in [-0.1, -0.05) is 11.8 Å². The van der Waals surface area contributed by atoms with Gasteiger partial charge in [-0.15, -0.1) is 0 Å². The van der Waals surface area contributed by atoms with Gasteiger partial charge < -0.3 is 9.84 Å². The van der Waals surface area contributed by atoms with Crippen LogP contribution in [0.2, 0.25) is 0 Å². The summed E-state index contributed by atoms with van der Waals surface area (Å²) < 4.78 is 17.7. The molecule has 1 rings (SSSR count). The minimum Gasteiger partial charge on any atom is -0.462 e. The van der Waals surface area contributed by atoms with Crippen LogP contribution in [0, 0.1) is 17.7 Å². The van der Waals surface area contributed by atoms with E-state index >= 15 is 0 Å². The van der Waals surface area contributed by atoms with Crippen LogP contribution in [-0.4, -0.2) is 24.3 Å². The molecular weight excluding hydrogens is 211 g/mol. The maximum Gasteiger partial charge on any atom is 0.339 e. The van der Waals surface area contributed by atoms with Crippen LogP contribution in [0.15, 0.2) is 18.2 Å². The van der Waals surface area contributed by atoms with Crippen molar-refractivity contribution in [2.24, 2.45) is 0 Å². The Kier molecular flexibility index (Phi) is 4.49. The highest BCUT2D eigenvalue weighted by molar-refractivity contribution is 5.92. The third-order valence-electron chi connectivity index (χ3n) is 1.78. The minimum atomic E-state index is -0.551. The number of hydrogen-bond donors (Lipinski definition) is 1. The van der Waals surface area contributed by atoms with E-state index in [2.05, 4.69) is 11.8 Å². The first-order chi connectivity index (χ1) is 7.69. The van der Waals surface area contributed by atoms with Crippen molar-refractivity contribution in [2.75, 3.05) is 13.2 Å². The van der Waals surface area contributed by atoms with Crippen molar-refractivity contribution < 1.29 is 19.0 Å². The molecule has 0 aromatic heterocycles. The summed E-state index contributed by atoms with van der Waals surface area (Å²) in [5, 5.41) is 8.55. The summed E-state index contributed by atoms with van der Waals surface area (Å²) in [6.45, 7) is 1.57. The molecule has 1 aromatic rings. The molecular formula is C12H11FO3. The molecule has 16 heavy (non-hydrogen) atoms. The molecule has 0 aliphatic rings. The summed E-state index contributed by atoms with van der Waals surface area (Å²) in [5.74, 6) is 3.82. The second-order valence-corrected chi connectivity index (χ2v) is 2.87. The van der Waals surface area contributed by atoms with Crippen molar-refractivity contribution in [1.82, 2.24) is 0 Å². The van der Waals surface area contributed by atoms with Gasteiger partial charge in [-0.2, -0.15) is 0 Å². The zero-order chi connectivity index (χ0) is 12.0. The molecule has 1 aromatic carbocycles. The first-order valence-corrected chi connectivity index (χ1v) is 4.75. The molecule has 0 atom stereocenters. The lowest BCUT2D eigenvalue weighted by molar-refractivity contribution is 0.0526. The number of benzene rings is 1. The van der Waals surface area contributed by atoms with Gasteiger partial charge in [0.1, 0.15) is 12.4 Å². The van der Waals surface area contributed by atoms with E-state index in [-0.39, 0.29) is 24.3 Å². The zero-order valence-electron chi connectivity index (χ0n) is 8.79. The van der Waals surface area contributed by atoms with E-state index in [1.165, 1.54) is 6.07 Å². The van der Waals surface area contributed by atoms with E-state index in [0.717, 1.165) is 12.1 Å². The van der Waals surface area contributed by atoms with Gasteiger partial charge in [0.2, 0.25) is 0 Å². The molecule has 1 N–H and O–H groups in total. The SMILES string of the molecule is CCOC(=O)c1ccc(F)cc1C#CCO. The fourth-order valence-corrected chi connectivity index (χ4v) is 1.14. The molecule has 0 aliphatic carbocycles. The lowest BCUT2D eigenvalue weighted by Crippen LogP contribution is -2.07. The van der Waals surface area contributed by atoms with Crippen LogP contribution in [0.25, 0.3) is 0 Å². The Morgan fingerprint density at radius 1 is 1.56 bits per heavy atom. The fraction of sp³-hybridized carbons (Fsp3) is 0.250. The maximum absolute atomic E-state index is 12.9. The Balaban J connectivity index is 3.12. The highest BCUT2D eigenvalue weighted by atomic mass is 19.1. The van der Waals surface area contributed by atoms with E-state index < -0.39 is 11.8 Å². The topological polar surface area (TPSA) is 46.5 Å². The van der Waals surface area contributed by atoms with E-state index in [1.807, 2.05) is 0 Å². The van der Waals surface area contributed by atoms with Crippen LogP contribution in [0.5, 0.6) is 0 Å². The number of halogens is 1. The van der Waals surface area contributed by atoms with E-state index in [4.69, 9.17) is 9.84 Å². The molecule has 84 valence electrons. The van der Waals surface area contributed by atoms with Gasteiger partial charge >= 0.3 is 5.97 Å². The van der Waals surface area contributed by atoms with Gasteiger partial charge in [0, 0.05) is 5.56 Å². The van der Waals surface area contributed by atoms with Crippen molar-refractivity contribution in [1.29, 1.82) is 0 Å². The molecule has 0 saturated heterocycles. The summed E-state index contributed by atoms with van der Waals surface area (Å²) in [6, 6.07) is 3.61. The highest BCUT2D eigenvalue weighted by Gasteiger charge is 2.11. The Hall–Kier alpha value is -1.86. The summed E-state index contributed by atoms with van der Waals surface area (Å²) in [5.41, 5.74) is 0.414. The number of aliphatic hydroxyl groups is 1. The standard InChI is InChI=1S/C12H11FO3/c1-2-16-12(15)11-6-5-10(13)8-9(11)4-3-7-14/h5-6,8,14H,2,7H2,1H3. The van der Waals surface area contributed by atoms with Crippen LogP contribution in [0.3, 0.4) is 0 Å². The van der Waals surface area contributed by atoms with Gasteiger partial charge in [-0.3, -0.25) is 0 Å². The van der Waals surface area contributed by atoms with E-state index in [0.29, 0.717) is 0 Å². The molecule has 0 unspecified atom stereocenters. The van der Waals surface area contributed by atoms with Crippen LogP contribution in [0.1, 0.15) is 22.8 Å². The third-order valence-corrected chi connectivity index (χ3v) is 1.78. The number of carbonyl (C=O) groups is 1. The monoisotopic (exact) mass is 222 g/mol. The van der Waals surface area contributed by atoms with Crippen LogP contribution in [-0.2, 0) is 4.74 Å². The quantitative estimate of drug-likeness (QED) is 0.606. The van der Waals surface area contributed by atoms with Gasteiger partial charge in [0.05, 0.1) is 12.2 Å². The van der Waals surface area contributed by atoms with Gasteiger partial charge in [-0.05, 0) is 25.1 Å². The molecule has 0 amide bonds. The summed E-state index contributed by atoms with van der Waals surface area (Å²) in [7, 11) is 0. The molecule has 0 saturated carbocycles. The van der Waals surface area contributed by atoms with Crippen LogP contribution < -0.4 is 0 Å².